The third-order valence-corrected chi connectivity index (χ3v) is 5.81. The maximum atomic E-state index is 13.4. The fourth-order valence-electron chi connectivity index (χ4n) is 3.24. The van der Waals surface area contributed by atoms with Gasteiger partial charge < -0.3 is 9.15 Å². The van der Waals surface area contributed by atoms with Crippen LogP contribution in [-0.2, 0) is 21.9 Å². The molecule has 1 aliphatic rings. The second kappa shape index (κ2) is 8.59. The van der Waals surface area contributed by atoms with Gasteiger partial charge in [-0.2, -0.15) is 0 Å². The van der Waals surface area contributed by atoms with Crippen LogP contribution in [0.5, 0.6) is 5.75 Å². The minimum atomic E-state index is -0.417. The van der Waals surface area contributed by atoms with E-state index in [-0.39, 0.29) is 18.0 Å². The van der Waals surface area contributed by atoms with Crippen molar-refractivity contribution in [1.29, 1.82) is 0 Å². The molecule has 7 heteroatoms. The van der Waals surface area contributed by atoms with Crippen molar-refractivity contribution in [3.05, 3.63) is 94.5 Å². The fraction of sp³-hybridized carbons (Fsp3) is 0.130. The number of para-hydroxylation sites is 1. The largest absolute Gasteiger partial charge is 0.496 e. The summed E-state index contributed by atoms with van der Waals surface area (Å²) in [5, 5.41) is 0. The van der Waals surface area contributed by atoms with Crippen LogP contribution in [-0.4, -0.2) is 23.8 Å². The van der Waals surface area contributed by atoms with Crippen molar-refractivity contribution in [2.75, 3.05) is 7.11 Å². The molecule has 1 aliphatic heterocycles. The van der Waals surface area contributed by atoms with Crippen LogP contribution in [0.25, 0.3) is 5.57 Å². The highest BCUT2D eigenvalue weighted by molar-refractivity contribution is 8.03. The Labute approximate surface area is 177 Å². The van der Waals surface area contributed by atoms with Gasteiger partial charge in [-0.15, -0.1) is 11.8 Å². The van der Waals surface area contributed by atoms with Gasteiger partial charge in [0.1, 0.15) is 17.3 Å². The third kappa shape index (κ3) is 3.89. The van der Waals surface area contributed by atoms with Crippen molar-refractivity contribution < 1.29 is 23.1 Å². The fourth-order valence-corrected chi connectivity index (χ4v) is 4.28. The number of methoxy groups -OCH3 is 1. The van der Waals surface area contributed by atoms with Crippen LogP contribution in [0.2, 0.25) is 0 Å². The molecule has 30 heavy (non-hydrogen) atoms. The van der Waals surface area contributed by atoms with Gasteiger partial charge in [0.2, 0.25) is 0 Å². The number of ether oxygens (including phenoxy) is 1. The molecule has 5 nitrogen and oxygen atoms in total. The topological polar surface area (TPSA) is 59.8 Å². The lowest BCUT2D eigenvalue weighted by Crippen LogP contribution is -2.31. The Bertz CT molecular complexity index is 1110. The minimum Gasteiger partial charge on any atom is -0.496 e. The molecule has 0 atom stereocenters. The van der Waals surface area contributed by atoms with E-state index in [1.54, 1.807) is 31.6 Å². The zero-order valence-corrected chi connectivity index (χ0v) is 16.9. The molecular weight excluding hydrogens is 405 g/mol. The van der Waals surface area contributed by atoms with Crippen LogP contribution >= 0.6 is 11.8 Å². The maximum Gasteiger partial charge on any atom is 0.268 e. The summed E-state index contributed by atoms with van der Waals surface area (Å²) >= 11 is 1.23. The molecule has 0 saturated carbocycles. The molecule has 0 saturated heterocycles. The van der Waals surface area contributed by atoms with E-state index in [9.17, 15) is 14.0 Å². The molecule has 0 bridgehead atoms. The molecule has 3 aromatic rings. The van der Waals surface area contributed by atoms with Crippen LogP contribution in [0.1, 0.15) is 16.9 Å². The van der Waals surface area contributed by atoms with Gasteiger partial charge in [0.05, 0.1) is 36.1 Å². The number of hydrogen-bond donors (Lipinski definition) is 0. The van der Waals surface area contributed by atoms with Crippen molar-refractivity contribution in [1.82, 2.24) is 4.90 Å². The summed E-state index contributed by atoms with van der Waals surface area (Å²) in [6.45, 7) is 0.0805. The van der Waals surface area contributed by atoms with Crippen LogP contribution in [0, 0.1) is 5.82 Å². The lowest BCUT2D eigenvalue weighted by molar-refractivity contribution is -0.137. The van der Waals surface area contributed by atoms with E-state index in [0.717, 1.165) is 5.56 Å². The second-order valence-corrected chi connectivity index (χ2v) is 7.57. The molecule has 152 valence electrons. The molecule has 0 fully saturated rings. The normalized spacial score (nSPS) is 14.0. The Hall–Kier alpha value is -3.32. The first kappa shape index (κ1) is 20.0. The lowest BCUT2D eigenvalue weighted by Gasteiger charge is -2.17. The Balaban J connectivity index is 1.68. The average molecular weight is 423 g/mol. The van der Waals surface area contributed by atoms with Crippen molar-refractivity contribution in [3.8, 4) is 5.75 Å². The molecule has 2 amide bonds. The molecule has 4 rings (SSSR count). The van der Waals surface area contributed by atoms with Crippen LogP contribution < -0.4 is 4.74 Å². The monoisotopic (exact) mass is 423 g/mol. The Kier molecular flexibility index (Phi) is 5.72. The Morgan fingerprint density at radius 2 is 1.77 bits per heavy atom. The molecule has 0 spiro atoms. The number of imide groups is 1. The van der Waals surface area contributed by atoms with E-state index in [2.05, 4.69) is 0 Å². The van der Waals surface area contributed by atoms with Gasteiger partial charge >= 0.3 is 0 Å². The summed E-state index contributed by atoms with van der Waals surface area (Å²) in [7, 11) is 1.54. The average Bonchev–Trinajstić information content (AvgIpc) is 3.36. The highest BCUT2D eigenvalue weighted by Crippen LogP contribution is 2.38. The van der Waals surface area contributed by atoms with Crippen LogP contribution in [0.4, 0.5) is 4.39 Å². The van der Waals surface area contributed by atoms with Crippen LogP contribution in [0.15, 0.2) is 76.2 Å². The number of amides is 2. The van der Waals surface area contributed by atoms with Gasteiger partial charge in [0.15, 0.2) is 0 Å². The number of nitrogens with zero attached hydrogens (tertiary/aromatic N) is 1. The molecule has 0 aliphatic carbocycles. The summed E-state index contributed by atoms with van der Waals surface area (Å²) in [5.74, 6) is 0.467. The number of benzene rings is 2. The molecule has 0 unspecified atom stereocenters. The third-order valence-electron chi connectivity index (χ3n) is 4.72. The quantitative estimate of drug-likeness (QED) is 0.518. The predicted molar refractivity (Wildman–Crippen MR) is 112 cm³/mol. The number of carbonyl (C=O) groups is 2. The smallest absolute Gasteiger partial charge is 0.268 e. The van der Waals surface area contributed by atoms with Gasteiger partial charge in [0.25, 0.3) is 11.8 Å². The second-order valence-electron chi connectivity index (χ2n) is 6.59. The van der Waals surface area contributed by atoms with Gasteiger partial charge in [-0.3, -0.25) is 14.5 Å². The zero-order chi connectivity index (χ0) is 21.1. The van der Waals surface area contributed by atoms with Gasteiger partial charge in [-0.05, 0) is 35.9 Å². The first-order valence-corrected chi connectivity index (χ1v) is 10.2. The molecule has 2 heterocycles. The van der Waals surface area contributed by atoms with Crippen molar-refractivity contribution in [2.24, 2.45) is 0 Å². The summed E-state index contributed by atoms with van der Waals surface area (Å²) in [4.78, 5) is 28.0. The maximum absolute atomic E-state index is 13.4. The van der Waals surface area contributed by atoms with E-state index in [1.807, 2.05) is 18.2 Å². The Morgan fingerprint density at radius 1 is 1.00 bits per heavy atom. The standard InChI is InChI=1S/C23H18FNO4S/c1-28-19-7-3-2-5-16(19)13-25-22(26)20(15-8-10-17(24)11-9-15)21(23(25)27)30-14-18-6-4-12-29-18/h2-12H,13-14H2,1H3. The van der Waals surface area contributed by atoms with Crippen LogP contribution in [0.3, 0.4) is 0 Å². The summed E-state index contributed by atoms with van der Waals surface area (Å²) in [6.07, 6.45) is 1.56. The molecule has 0 radical (unpaired) electrons. The van der Waals surface area contributed by atoms with Crippen molar-refractivity contribution >= 4 is 29.1 Å². The molecule has 0 N–H and O–H groups in total. The molecule has 1 aromatic heterocycles. The predicted octanol–water partition coefficient (Wildman–Crippen LogP) is 4.64. The summed E-state index contributed by atoms with van der Waals surface area (Å²) in [6, 6.07) is 16.4. The lowest BCUT2D eigenvalue weighted by atomic mass is 10.1. The van der Waals surface area contributed by atoms with Gasteiger partial charge in [-0.1, -0.05) is 30.3 Å². The summed E-state index contributed by atoms with van der Waals surface area (Å²) < 4.78 is 24.1. The SMILES string of the molecule is COc1ccccc1CN1C(=O)C(SCc2ccco2)=C(c2ccc(F)cc2)C1=O. The van der Waals surface area contributed by atoms with Gasteiger partial charge in [0, 0.05) is 5.56 Å². The highest BCUT2D eigenvalue weighted by atomic mass is 32.2. The number of rotatable bonds is 7. The zero-order valence-electron chi connectivity index (χ0n) is 16.1. The van der Waals surface area contributed by atoms with Gasteiger partial charge in [-0.25, -0.2) is 4.39 Å². The number of halogens is 1. The number of carbonyl (C=O) groups excluding carboxylic acids is 2. The first-order chi connectivity index (χ1) is 14.6. The van der Waals surface area contributed by atoms with E-state index in [1.165, 1.54) is 40.9 Å². The number of hydrogen-bond acceptors (Lipinski definition) is 5. The Morgan fingerprint density at radius 3 is 2.47 bits per heavy atom. The molecule has 2 aromatic carbocycles. The van der Waals surface area contributed by atoms with E-state index in [0.29, 0.717) is 27.7 Å². The molecular formula is C23H18FNO4S. The number of furan rings is 1. The first-order valence-electron chi connectivity index (χ1n) is 9.22. The van der Waals surface area contributed by atoms with Crippen molar-refractivity contribution in [2.45, 2.75) is 12.3 Å². The number of thioether (sulfide) groups is 1. The van der Waals surface area contributed by atoms with E-state index < -0.39 is 11.7 Å². The highest BCUT2D eigenvalue weighted by Gasteiger charge is 2.39. The van der Waals surface area contributed by atoms with E-state index in [4.69, 9.17) is 9.15 Å². The minimum absolute atomic E-state index is 0.0805. The summed E-state index contributed by atoms with van der Waals surface area (Å²) in [5.41, 5.74) is 1.49. The van der Waals surface area contributed by atoms with Crippen molar-refractivity contribution in [3.63, 3.8) is 0 Å². The van der Waals surface area contributed by atoms with E-state index >= 15 is 0 Å².